The third-order valence-electron chi connectivity index (χ3n) is 2.85. The van der Waals surface area contributed by atoms with Gasteiger partial charge < -0.3 is 0 Å². The number of hydrogen-bond acceptors (Lipinski definition) is 7. The van der Waals surface area contributed by atoms with Crippen LogP contribution in [-0.4, -0.2) is 43.4 Å². The predicted octanol–water partition coefficient (Wildman–Crippen LogP) is 2.33. The van der Waals surface area contributed by atoms with E-state index in [2.05, 4.69) is 3.32 Å². The third kappa shape index (κ3) is 10.4. The SMILES string of the molecule is CCCCO[Si](OCCCC)(OCCCC)[O][Ti]([OH])([OH])[O]C. The van der Waals surface area contributed by atoms with E-state index < -0.39 is 27.2 Å². The second-order valence-electron chi connectivity index (χ2n) is 4.96. The van der Waals surface area contributed by atoms with Crippen LogP contribution in [0.3, 0.4) is 0 Å². The van der Waals surface area contributed by atoms with Crippen molar-refractivity contribution < 1.29 is 45.1 Å². The fourth-order valence-electron chi connectivity index (χ4n) is 1.44. The molecule has 0 bridgehead atoms. The Balaban J connectivity index is 4.91. The van der Waals surface area contributed by atoms with Crippen LogP contribution >= 0.6 is 0 Å². The molecule has 0 aliphatic heterocycles. The molecule has 0 rings (SSSR count). The van der Waals surface area contributed by atoms with Crippen LogP contribution in [0.2, 0.25) is 0 Å². The van der Waals surface area contributed by atoms with Gasteiger partial charge in [-0.2, -0.15) is 0 Å². The van der Waals surface area contributed by atoms with Crippen molar-refractivity contribution in [1.29, 1.82) is 0 Å². The van der Waals surface area contributed by atoms with Gasteiger partial charge in [0.25, 0.3) is 0 Å². The molecule has 0 unspecified atom stereocenters. The van der Waals surface area contributed by atoms with Gasteiger partial charge in [-0.15, -0.1) is 0 Å². The Bertz CT molecular complexity index is 242. The quantitative estimate of drug-likeness (QED) is 0.335. The van der Waals surface area contributed by atoms with Gasteiger partial charge >= 0.3 is 140 Å². The molecular formula is C13H32O7SiTi. The van der Waals surface area contributed by atoms with Crippen LogP contribution < -0.4 is 0 Å². The zero-order chi connectivity index (χ0) is 16.9. The molecule has 0 aromatic rings. The van der Waals surface area contributed by atoms with Gasteiger partial charge in [-0.25, -0.2) is 0 Å². The van der Waals surface area contributed by atoms with E-state index >= 15 is 0 Å². The fraction of sp³-hybridized carbons (Fsp3) is 1.00. The molecule has 0 saturated heterocycles. The van der Waals surface area contributed by atoms with Crippen molar-refractivity contribution in [1.82, 2.24) is 0 Å². The molecule has 0 heterocycles. The molecule has 0 radical (unpaired) electrons. The zero-order valence-electron chi connectivity index (χ0n) is 14.3. The summed E-state index contributed by atoms with van der Waals surface area (Å²) in [6, 6.07) is 0. The predicted molar refractivity (Wildman–Crippen MR) is 80.9 cm³/mol. The Kier molecular flexibility index (Phi) is 13.4. The summed E-state index contributed by atoms with van der Waals surface area (Å²) in [5.41, 5.74) is 0. The molecule has 2 N–H and O–H groups in total. The van der Waals surface area contributed by atoms with Crippen LogP contribution in [0.25, 0.3) is 0 Å². The first-order chi connectivity index (χ1) is 10.4. The maximum atomic E-state index is 9.82. The molecular weight excluding hydrogens is 344 g/mol. The van der Waals surface area contributed by atoms with Gasteiger partial charge in [0, 0.05) is 0 Å². The fourth-order valence-corrected chi connectivity index (χ4v) is 6.21. The molecule has 0 aliphatic carbocycles. The average Bonchev–Trinajstić information content (AvgIpc) is 2.48. The van der Waals surface area contributed by atoms with Crippen molar-refractivity contribution in [2.24, 2.45) is 0 Å². The van der Waals surface area contributed by atoms with E-state index in [1.807, 2.05) is 20.8 Å². The second kappa shape index (κ2) is 13.0. The first kappa shape index (κ1) is 22.7. The molecule has 0 aromatic carbocycles. The van der Waals surface area contributed by atoms with Gasteiger partial charge in [-0.3, -0.25) is 0 Å². The van der Waals surface area contributed by atoms with Crippen molar-refractivity contribution in [3.63, 3.8) is 0 Å². The molecule has 0 saturated carbocycles. The first-order valence-electron chi connectivity index (χ1n) is 8.07. The van der Waals surface area contributed by atoms with Crippen LogP contribution in [0.1, 0.15) is 59.3 Å². The van der Waals surface area contributed by atoms with E-state index in [9.17, 15) is 7.38 Å². The summed E-state index contributed by atoms with van der Waals surface area (Å²) in [4.78, 5) is 0. The van der Waals surface area contributed by atoms with Gasteiger partial charge in [0.1, 0.15) is 0 Å². The van der Waals surface area contributed by atoms with Crippen LogP contribution in [0, 0.1) is 0 Å². The molecule has 0 aliphatic rings. The number of rotatable bonds is 15. The summed E-state index contributed by atoms with van der Waals surface area (Å²) in [5.74, 6) is 0. The summed E-state index contributed by atoms with van der Waals surface area (Å²) >= 11 is -4.84. The van der Waals surface area contributed by atoms with E-state index in [0.717, 1.165) is 38.5 Å². The third-order valence-corrected chi connectivity index (χ3v) is 8.29. The maximum absolute atomic E-state index is 9.82. The van der Waals surface area contributed by atoms with Crippen molar-refractivity contribution >= 4 is 9.05 Å². The zero-order valence-corrected chi connectivity index (χ0v) is 16.9. The normalized spacial score (nSPS) is 12.8. The van der Waals surface area contributed by atoms with Crippen molar-refractivity contribution in [3.8, 4) is 0 Å². The Labute approximate surface area is 140 Å². The van der Waals surface area contributed by atoms with E-state index in [0.29, 0.717) is 19.8 Å². The van der Waals surface area contributed by atoms with Crippen molar-refractivity contribution in [3.05, 3.63) is 0 Å². The van der Waals surface area contributed by atoms with E-state index in [-0.39, 0.29) is 0 Å². The van der Waals surface area contributed by atoms with Crippen molar-refractivity contribution in [2.45, 2.75) is 59.3 Å². The second-order valence-corrected chi connectivity index (χ2v) is 10.3. The molecule has 22 heavy (non-hydrogen) atoms. The molecule has 0 atom stereocenters. The molecule has 0 fully saturated rings. The minimum absolute atomic E-state index is 0.392. The molecule has 9 heteroatoms. The van der Waals surface area contributed by atoms with E-state index in [4.69, 9.17) is 16.3 Å². The molecule has 134 valence electrons. The summed E-state index contributed by atoms with van der Waals surface area (Å²) in [5, 5.41) is 0. The van der Waals surface area contributed by atoms with Gasteiger partial charge in [0.15, 0.2) is 0 Å². The molecule has 7 nitrogen and oxygen atoms in total. The summed E-state index contributed by atoms with van der Waals surface area (Å²) < 4.78 is 46.9. The van der Waals surface area contributed by atoms with Gasteiger partial charge in [-0.05, 0) is 0 Å². The summed E-state index contributed by atoms with van der Waals surface area (Å²) in [6.45, 7) is 7.30. The minimum atomic E-state index is -4.84. The molecule has 0 spiro atoms. The van der Waals surface area contributed by atoms with E-state index in [1.165, 1.54) is 7.11 Å². The van der Waals surface area contributed by atoms with Crippen LogP contribution in [0.4, 0.5) is 0 Å². The van der Waals surface area contributed by atoms with Gasteiger partial charge in [0.2, 0.25) is 0 Å². The Morgan fingerprint density at radius 3 is 1.41 bits per heavy atom. The van der Waals surface area contributed by atoms with Crippen LogP contribution in [-0.2, 0) is 37.7 Å². The van der Waals surface area contributed by atoms with Crippen molar-refractivity contribution in [2.75, 3.05) is 26.9 Å². The van der Waals surface area contributed by atoms with Crippen LogP contribution in [0.15, 0.2) is 0 Å². The van der Waals surface area contributed by atoms with E-state index in [1.54, 1.807) is 0 Å². The Hall–Kier alpha value is 0.651. The molecule has 0 amide bonds. The van der Waals surface area contributed by atoms with Gasteiger partial charge in [0.05, 0.1) is 0 Å². The summed E-state index contributed by atoms with van der Waals surface area (Å²) in [7, 11) is -2.41. The molecule has 0 aromatic heterocycles. The Morgan fingerprint density at radius 2 is 1.14 bits per heavy atom. The average molecular weight is 376 g/mol. The Morgan fingerprint density at radius 1 is 0.773 bits per heavy atom. The van der Waals surface area contributed by atoms with Crippen LogP contribution in [0.5, 0.6) is 0 Å². The van der Waals surface area contributed by atoms with Gasteiger partial charge in [-0.1, -0.05) is 0 Å². The number of unbranched alkanes of at least 4 members (excludes halogenated alkanes) is 3. The summed E-state index contributed by atoms with van der Waals surface area (Å²) in [6.07, 6.45) is 5.29. The standard InChI is InChI=1S/C12H27O4Si.CH3O.2H2O.Ti/c1-4-7-10-14-17(13,15-11-8-5-2)16-12-9-6-3;1-2;;;/h4-12H2,1-3H3;1H3;2*1H2;/q2*-1;;;+4/p-2. The number of hydrogen-bond donors (Lipinski definition) is 2. The monoisotopic (exact) mass is 376 g/mol. The first-order valence-corrected chi connectivity index (χ1v) is 12.4. The topological polar surface area (TPSA) is 86.6 Å².